The summed E-state index contributed by atoms with van der Waals surface area (Å²) in [4.78, 5) is 22.9. The Kier molecular flexibility index (Phi) is 6.39. The molecule has 0 radical (unpaired) electrons. The SMILES string of the molecule is CC(C)C(NC(=O)/C=C/c1ccc(Cl)c([N+](=O)[O-])c1)c1ccc2c(c1)OCCO2. The first-order valence-corrected chi connectivity index (χ1v) is 9.55. The molecule has 0 aliphatic carbocycles. The van der Waals surface area contributed by atoms with E-state index in [2.05, 4.69) is 5.32 Å². The van der Waals surface area contributed by atoms with Gasteiger partial charge in [-0.15, -0.1) is 0 Å². The Morgan fingerprint density at radius 3 is 2.59 bits per heavy atom. The van der Waals surface area contributed by atoms with Gasteiger partial charge in [-0.2, -0.15) is 0 Å². The predicted molar refractivity (Wildman–Crippen MR) is 110 cm³/mol. The number of hydrogen-bond donors (Lipinski definition) is 1. The van der Waals surface area contributed by atoms with Crippen molar-refractivity contribution in [2.45, 2.75) is 19.9 Å². The number of rotatable bonds is 6. The van der Waals surface area contributed by atoms with Crippen LogP contribution in [0.4, 0.5) is 5.69 Å². The Balaban J connectivity index is 1.74. The predicted octanol–water partition coefficient (Wildman–Crippen LogP) is 4.55. The molecule has 1 heterocycles. The van der Waals surface area contributed by atoms with Crippen molar-refractivity contribution in [1.82, 2.24) is 5.32 Å². The Morgan fingerprint density at radius 1 is 1.17 bits per heavy atom. The van der Waals surface area contributed by atoms with Gasteiger partial charge in [0.2, 0.25) is 5.91 Å². The Bertz CT molecular complexity index is 958. The van der Waals surface area contributed by atoms with Crippen LogP contribution in [0.15, 0.2) is 42.5 Å². The normalized spacial score (nSPS) is 14.1. The van der Waals surface area contributed by atoms with E-state index < -0.39 is 4.92 Å². The van der Waals surface area contributed by atoms with Crippen molar-refractivity contribution in [2.24, 2.45) is 5.92 Å². The molecule has 1 unspecified atom stereocenters. The third-order valence-electron chi connectivity index (χ3n) is 4.48. The minimum atomic E-state index is -0.559. The van der Waals surface area contributed by atoms with Gasteiger partial charge in [0, 0.05) is 12.1 Å². The Morgan fingerprint density at radius 2 is 1.90 bits per heavy atom. The molecule has 1 aliphatic rings. The van der Waals surface area contributed by atoms with E-state index in [1.165, 1.54) is 24.3 Å². The lowest BCUT2D eigenvalue weighted by Gasteiger charge is -2.25. The number of nitrogens with one attached hydrogen (secondary N) is 1. The molecule has 0 aromatic heterocycles. The van der Waals surface area contributed by atoms with Gasteiger partial charge in [0.25, 0.3) is 5.69 Å². The van der Waals surface area contributed by atoms with Gasteiger partial charge in [0.15, 0.2) is 11.5 Å². The first kappa shape index (κ1) is 20.7. The van der Waals surface area contributed by atoms with Gasteiger partial charge in [-0.05, 0) is 41.3 Å². The largest absolute Gasteiger partial charge is 0.486 e. The number of fused-ring (bicyclic) bond motifs is 1. The molecule has 0 bridgehead atoms. The molecule has 2 aromatic carbocycles. The fourth-order valence-corrected chi connectivity index (χ4v) is 3.22. The summed E-state index contributed by atoms with van der Waals surface area (Å²) in [6.45, 7) is 5.03. The number of halogens is 1. The number of ether oxygens (including phenoxy) is 2. The van der Waals surface area contributed by atoms with Crippen molar-refractivity contribution in [3.05, 3.63) is 68.7 Å². The number of nitro groups is 1. The van der Waals surface area contributed by atoms with Gasteiger partial charge in [-0.25, -0.2) is 0 Å². The standard InChI is InChI=1S/C21H21ClN2O5/c1-13(2)21(15-5-7-18-19(12-15)29-10-9-28-18)23-20(25)8-4-14-3-6-16(22)17(11-14)24(26)27/h3-8,11-13,21H,9-10H2,1-2H3,(H,23,25)/b8-4+. The highest BCUT2D eigenvalue weighted by Gasteiger charge is 2.21. The fraction of sp³-hybridized carbons (Fsp3) is 0.286. The number of benzene rings is 2. The maximum absolute atomic E-state index is 12.5. The lowest BCUT2D eigenvalue weighted by molar-refractivity contribution is -0.384. The van der Waals surface area contributed by atoms with Crippen LogP contribution in [0.25, 0.3) is 6.08 Å². The smallest absolute Gasteiger partial charge is 0.288 e. The molecule has 0 fully saturated rings. The van der Waals surface area contributed by atoms with Crippen LogP contribution in [0.2, 0.25) is 5.02 Å². The van der Waals surface area contributed by atoms with E-state index >= 15 is 0 Å². The third-order valence-corrected chi connectivity index (χ3v) is 4.80. The van der Waals surface area contributed by atoms with E-state index in [4.69, 9.17) is 21.1 Å². The second-order valence-corrected chi connectivity index (χ2v) is 7.34. The van der Waals surface area contributed by atoms with Gasteiger partial charge in [0.1, 0.15) is 18.2 Å². The average Bonchev–Trinajstić information content (AvgIpc) is 2.70. The Labute approximate surface area is 173 Å². The summed E-state index contributed by atoms with van der Waals surface area (Å²) >= 11 is 5.81. The van der Waals surface area contributed by atoms with Crippen molar-refractivity contribution in [2.75, 3.05) is 13.2 Å². The summed E-state index contributed by atoms with van der Waals surface area (Å²) in [5, 5.41) is 14.0. The molecule has 0 spiro atoms. The minimum Gasteiger partial charge on any atom is -0.486 e. The van der Waals surface area contributed by atoms with Crippen LogP contribution in [0, 0.1) is 16.0 Å². The molecule has 29 heavy (non-hydrogen) atoms. The molecule has 1 atom stereocenters. The van der Waals surface area contributed by atoms with Crippen molar-refractivity contribution in [3.8, 4) is 11.5 Å². The molecule has 1 N–H and O–H groups in total. The number of nitro benzene ring substituents is 1. The van der Waals surface area contributed by atoms with Crippen molar-refractivity contribution in [3.63, 3.8) is 0 Å². The van der Waals surface area contributed by atoms with E-state index in [1.807, 2.05) is 32.0 Å². The summed E-state index contributed by atoms with van der Waals surface area (Å²) in [7, 11) is 0. The monoisotopic (exact) mass is 416 g/mol. The van der Waals surface area contributed by atoms with Gasteiger partial charge in [0.05, 0.1) is 11.0 Å². The van der Waals surface area contributed by atoms with Gasteiger partial charge < -0.3 is 14.8 Å². The summed E-state index contributed by atoms with van der Waals surface area (Å²) in [6.07, 6.45) is 2.86. The number of nitrogens with zero attached hydrogens (tertiary/aromatic N) is 1. The second-order valence-electron chi connectivity index (χ2n) is 6.93. The van der Waals surface area contributed by atoms with E-state index in [-0.39, 0.29) is 28.6 Å². The average molecular weight is 417 g/mol. The number of carbonyl (C=O) groups is 1. The molecule has 152 valence electrons. The lowest BCUT2D eigenvalue weighted by atomic mass is 9.95. The van der Waals surface area contributed by atoms with E-state index in [0.717, 1.165) is 5.56 Å². The van der Waals surface area contributed by atoms with Crippen LogP contribution in [-0.2, 0) is 4.79 Å². The summed E-state index contributed by atoms with van der Waals surface area (Å²) in [5.41, 5.74) is 1.22. The summed E-state index contributed by atoms with van der Waals surface area (Å²) in [6, 6.07) is 9.77. The first-order valence-electron chi connectivity index (χ1n) is 9.17. The zero-order valence-corrected chi connectivity index (χ0v) is 16.8. The molecular formula is C21H21ClN2O5. The van der Waals surface area contributed by atoms with E-state index in [9.17, 15) is 14.9 Å². The van der Waals surface area contributed by atoms with Gasteiger partial charge in [-0.3, -0.25) is 14.9 Å². The fourth-order valence-electron chi connectivity index (χ4n) is 3.03. The van der Waals surface area contributed by atoms with Crippen molar-refractivity contribution < 1.29 is 19.2 Å². The van der Waals surface area contributed by atoms with Crippen LogP contribution in [-0.4, -0.2) is 24.0 Å². The van der Waals surface area contributed by atoms with Gasteiger partial charge in [-0.1, -0.05) is 37.6 Å². The molecule has 0 saturated heterocycles. The molecule has 1 amide bonds. The maximum atomic E-state index is 12.5. The molecule has 1 aliphatic heterocycles. The third kappa shape index (κ3) is 5.06. The highest BCUT2D eigenvalue weighted by atomic mass is 35.5. The van der Waals surface area contributed by atoms with Crippen molar-refractivity contribution >= 4 is 29.3 Å². The van der Waals surface area contributed by atoms with Crippen LogP contribution < -0.4 is 14.8 Å². The van der Waals surface area contributed by atoms with Crippen LogP contribution >= 0.6 is 11.6 Å². The molecule has 2 aromatic rings. The second kappa shape index (κ2) is 8.96. The van der Waals surface area contributed by atoms with Gasteiger partial charge >= 0.3 is 0 Å². The quantitative estimate of drug-likeness (QED) is 0.424. The lowest BCUT2D eigenvalue weighted by Crippen LogP contribution is -2.30. The Hall–Kier alpha value is -3.06. The minimum absolute atomic E-state index is 0.0510. The maximum Gasteiger partial charge on any atom is 0.288 e. The molecular weight excluding hydrogens is 396 g/mol. The van der Waals surface area contributed by atoms with Crippen LogP contribution in [0.5, 0.6) is 11.5 Å². The molecule has 0 saturated carbocycles. The molecule has 8 heteroatoms. The number of carbonyl (C=O) groups excluding carboxylic acids is 1. The number of amides is 1. The summed E-state index contributed by atoms with van der Waals surface area (Å²) in [5.74, 6) is 1.18. The van der Waals surface area contributed by atoms with Crippen LogP contribution in [0.1, 0.15) is 31.0 Å². The highest BCUT2D eigenvalue weighted by Crippen LogP contribution is 2.34. The first-order chi connectivity index (χ1) is 13.8. The molecule has 3 rings (SSSR count). The highest BCUT2D eigenvalue weighted by molar-refractivity contribution is 6.32. The van der Waals surface area contributed by atoms with E-state index in [0.29, 0.717) is 30.3 Å². The number of hydrogen-bond acceptors (Lipinski definition) is 5. The zero-order chi connectivity index (χ0) is 21.0. The van der Waals surface area contributed by atoms with Crippen LogP contribution in [0.3, 0.4) is 0 Å². The van der Waals surface area contributed by atoms with E-state index in [1.54, 1.807) is 6.07 Å². The summed E-state index contributed by atoms with van der Waals surface area (Å²) < 4.78 is 11.2. The van der Waals surface area contributed by atoms with Crippen molar-refractivity contribution in [1.29, 1.82) is 0 Å². The zero-order valence-electron chi connectivity index (χ0n) is 16.1. The molecule has 7 nitrogen and oxygen atoms in total. The topological polar surface area (TPSA) is 90.7 Å².